The maximum atomic E-state index is 9.87. The van der Waals surface area contributed by atoms with Gasteiger partial charge in [-0.05, 0) is 53.9 Å². The number of nitrogens with zero attached hydrogens (tertiary/aromatic N) is 2. The fourth-order valence-corrected chi connectivity index (χ4v) is 2.27. The minimum atomic E-state index is -0.373. The van der Waals surface area contributed by atoms with E-state index in [1.165, 1.54) is 12.8 Å². The molecule has 0 aromatic carbocycles. The highest BCUT2D eigenvalue weighted by Gasteiger charge is 2.22. The lowest BCUT2D eigenvalue weighted by Crippen LogP contribution is -2.45. The van der Waals surface area contributed by atoms with Crippen molar-refractivity contribution in [3.8, 4) is 0 Å². The molecule has 0 aromatic heterocycles. The van der Waals surface area contributed by atoms with E-state index in [-0.39, 0.29) is 12.2 Å². The highest BCUT2D eigenvalue weighted by molar-refractivity contribution is 4.78. The molecule has 0 amide bonds. The number of ether oxygens (including phenoxy) is 1. The van der Waals surface area contributed by atoms with Gasteiger partial charge in [-0.1, -0.05) is 0 Å². The maximum Gasteiger partial charge on any atom is 0.0900 e. The van der Waals surface area contributed by atoms with Crippen molar-refractivity contribution in [2.75, 3.05) is 40.3 Å². The largest absolute Gasteiger partial charge is 0.389 e. The first-order valence-corrected chi connectivity index (χ1v) is 6.67. The molecule has 1 aliphatic rings. The van der Waals surface area contributed by atoms with Gasteiger partial charge in [0.2, 0.25) is 0 Å². The number of hydrogen-bond donors (Lipinski definition) is 1. The van der Waals surface area contributed by atoms with Crippen molar-refractivity contribution in [1.29, 1.82) is 0 Å². The molecule has 1 aliphatic heterocycles. The van der Waals surface area contributed by atoms with E-state index in [9.17, 15) is 5.11 Å². The van der Waals surface area contributed by atoms with Crippen LogP contribution in [0.4, 0.5) is 0 Å². The third-order valence-corrected chi connectivity index (χ3v) is 3.43. The zero-order valence-corrected chi connectivity index (χ0v) is 11.7. The Bertz CT molecular complexity index is 204. The highest BCUT2D eigenvalue weighted by atomic mass is 16.5. The fraction of sp³-hybridized carbons (Fsp3) is 1.00. The lowest BCUT2D eigenvalue weighted by atomic mass is 10.0. The molecule has 0 radical (unpaired) electrons. The molecule has 1 heterocycles. The molecule has 17 heavy (non-hydrogen) atoms. The predicted octanol–water partition coefficient (Wildman–Crippen LogP) is 0.798. The van der Waals surface area contributed by atoms with Crippen molar-refractivity contribution < 1.29 is 9.84 Å². The normalized spacial score (nSPS) is 21.4. The van der Waals surface area contributed by atoms with Crippen molar-refractivity contribution in [3.05, 3.63) is 0 Å². The molecule has 4 heteroatoms. The van der Waals surface area contributed by atoms with E-state index in [1.54, 1.807) is 0 Å². The summed E-state index contributed by atoms with van der Waals surface area (Å²) in [5.41, 5.74) is 0. The van der Waals surface area contributed by atoms with Gasteiger partial charge in [-0.25, -0.2) is 0 Å². The second-order valence-electron chi connectivity index (χ2n) is 5.51. The summed E-state index contributed by atoms with van der Waals surface area (Å²) in [4.78, 5) is 4.64. The van der Waals surface area contributed by atoms with Gasteiger partial charge in [0.05, 0.1) is 18.8 Å². The summed E-state index contributed by atoms with van der Waals surface area (Å²) in [6.07, 6.45) is 2.22. The molecule has 1 atom stereocenters. The van der Waals surface area contributed by atoms with E-state index in [1.807, 2.05) is 13.8 Å². The van der Waals surface area contributed by atoms with Gasteiger partial charge in [0.15, 0.2) is 0 Å². The van der Waals surface area contributed by atoms with Crippen LogP contribution in [0.15, 0.2) is 0 Å². The van der Waals surface area contributed by atoms with Gasteiger partial charge in [-0.2, -0.15) is 0 Å². The number of likely N-dealkylation sites (tertiary alicyclic amines) is 1. The van der Waals surface area contributed by atoms with Crippen molar-refractivity contribution >= 4 is 0 Å². The van der Waals surface area contributed by atoms with Crippen LogP contribution < -0.4 is 0 Å². The summed E-state index contributed by atoms with van der Waals surface area (Å²) >= 11 is 0. The number of likely N-dealkylation sites (N-methyl/N-ethyl adjacent to an activating group) is 1. The number of rotatable bonds is 6. The lowest BCUT2D eigenvalue weighted by molar-refractivity contribution is -0.0135. The Morgan fingerprint density at radius 3 is 2.47 bits per heavy atom. The highest BCUT2D eigenvalue weighted by Crippen LogP contribution is 2.14. The van der Waals surface area contributed by atoms with Gasteiger partial charge >= 0.3 is 0 Å². The minimum absolute atomic E-state index is 0.193. The number of piperidine rings is 1. The molecule has 0 aromatic rings. The van der Waals surface area contributed by atoms with Crippen LogP contribution in [0.3, 0.4) is 0 Å². The van der Waals surface area contributed by atoms with Gasteiger partial charge < -0.3 is 19.6 Å². The SMILES string of the molecule is CC(C)OCC(O)CN(C)C1CCN(C)CC1. The average molecular weight is 244 g/mol. The van der Waals surface area contributed by atoms with Crippen LogP contribution in [-0.4, -0.2) is 73.5 Å². The van der Waals surface area contributed by atoms with E-state index in [4.69, 9.17) is 4.74 Å². The third-order valence-electron chi connectivity index (χ3n) is 3.43. The summed E-state index contributed by atoms with van der Waals surface area (Å²) in [6, 6.07) is 0.611. The Balaban J connectivity index is 2.21. The van der Waals surface area contributed by atoms with Crippen molar-refractivity contribution in [1.82, 2.24) is 9.80 Å². The Morgan fingerprint density at radius 1 is 1.35 bits per heavy atom. The maximum absolute atomic E-state index is 9.87. The molecule has 1 N–H and O–H groups in total. The zero-order valence-electron chi connectivity index (χ0n) is 11.7. The van der Waals surface area contributed by atoms with Gasteiger partial charge in [0.1, 0.15) is 0 Å². The van der Waals surface area contributed by atoms with E-state index < -0.39 is 0 Å². The summed E-state index contributed by atoms with van der Waals surface area (Å²) < 4.78 is 5.42. The van der Waals surface area contributed by atoms with Gasteiger partial charge in [0, 0.05) is 12.6 Å². The van der Waals surface area contributed by atoms with Gasteiger partial charge in [-0.3, -0.25) is 0 Å². The monoisotopic (exact) mass is 244 g/mol. The molecular weight excluding hydrogens is 216 g/mol. The topological polar surface area (TPSA) is 35.9 Å². The summed E-state index contributed by atoms with van der Waals surface area (Å²) in [5, 5.41) is 9.87. The fourth-order valence-electron chi connectivity index (χ4n) is 2.27. The Labute approximate surface area is 106 Å². The molecule has 4 nitrogen and oxygen atoms in total. The van der Waals surface area contributed by atoms with Crippen LogP contribution in [0.25, 0.3) is 0 Å². The second kappa shape index (κ2) is 7.31. The zero-order chi connectivity index (χ0) is 12.8. The van der Waals surface area contributed by atoms with Gasteiger partial charge in [-0.15, -0.1) is 0 Å². The second-order valence-corrected chi connectivity index (χ2v) is 5.51. The van der Waals surface area contributed by atoms with Crippen molar-refractivity contribution in [2.24, 2.45) is 0 Å². The van der Waals surface area contributed by atoms with Crippen LogP contribution in [-0.2, 0) is 4.74 Å². The average Bonchev–Trinajstić information content (AvgIpc) is 2.27. The Hall–Kier alpha value is -0.160. The molecule has 1 rings (SSSR count). The van der Waals surface area contributed by atoms with Crippen LogP contribution in [0.5, 0.6) is 0 Å². The lowest BCUT2D eigenvalue weighted by Gasteiger charge is -2.36. The predicted molar refractivity (Wildman–Crippen MR) is 70.2 cm³/mol. The molecule has 0 saturated carbocycles. The molecular formula is C13H28N2O2. The van der Waals surface area contributed by atoms with E-state index in [0.29, 0.717) is 19.2 Å². The first-order valence-electron chi connectivity index (χ1n) is 6.67. The van der Waals surface area contributed by atoms with E-state index >= 15 is 0 Å². The van der Waals surface area contributed by atoms with E-state index in [2.05, 4.69) is 23.9 Å². The number of aliphatic hydroxyl groups is 1. The van der Waals surface area contributed by atoms with Gasteiger partial charge in [0.25, 0.3) is 0 Å². The quantitative estimate of drug-likeness (QED) is 0.750. The van der Waals surface area contributed by atoms with E-state index in [0.717, 1.165) is 13.1 Å². The smallest absolute Gasteiger partial charge is 0.0900 e. The molecule has 0 spiro atoms. The van der Waals surface area contributed by atoms with Crippen molar-refractivity contribution in [2.45, 2.75) is 44.9 Å². The molecule has 102 valence electrons. The molecule has 1 unspecified atom stereocenters. The van der Waals surface area contributed by atoms with Crippen LogP contribution in [0, 0.1) is 0 Å². The Morgan fingerprint density at radius 2 is 1.94 bits per heavy atom. The minimum Gasteiger partial charge on any atom is -0.389 e. The standard InChI is InChI=1S/C13H28N2O2/c1-11(2)17-10-13(16)9-15(4)12-5-7-14(3)8-6-12/h11-13,16H,5-10H2,1-4H3. The first kappa shape index (κ1) is 14.9. The number of hydrogen-bond acceptors (Lipinski definition) is 4. The molecule has 1 fully saturated rings. The number of aliphatic hydroxyl groups excluding tert-OH is 1. The van der Waals surface area contributed by atoms with Crippen LogP contribution in [0.2, 0.25) is 0 Å². The molecule has 0 bridgehead atoms. The Kier molecular flexibility index (Phi) is 6.41. The summed E-state index contributed by atoms with van der Waals surface area (Å²) in [6.45, 7) is 7.46. The summed E-state index contributed by atoms with van der Waals surface area (Å²) in [7, 11) is 4.27. The molecule has 0 aliphatic carbocycles. The van der Waals surface area contributed by atoms with Crippen LogP contribution in [0.1, 0.15) is 26.7 Å². The molecule has 1 saturated heterocycles. The first-order chi connectivity index (χ1) is 7.99. The summed E-state index contributed by atoms with van der Waals surface area (Å²) in [5.74, 6) is 0. The van der Waals surface area contributed by atoms with Crippen molar-refractivity contribution in [3.63, 3.8) is 0 Å². The van der Waals surface area contributed by atoms with Crippen LogP contribution >= 0.6 is 0 Å². The third kappa shape index (κ3) is 5.82.